The van der Waals surface area contributed by atoms with Gasteiger partial charge in [0, 0.05) is 6.20 Å². The van der Waals surface area contributed by atoms with E-state index in [1.807, 2.05) is 36.4 Å². The summed E-state index contributed by atoms with van der Waals surface area (Å²) in [5, 5.41) is 0. The molecule has 5 heteroatoms. The van der Waals surface area contributed by atoms with E-state index in [-0.39, 0.29) is 12.3 Å². The van der Waals surface area contributed by atoms with E-state index < -0.39 is 0 Å². The average molecular weight is 257 g/mol. The Balaban J connectivity index is 1.90. The average Bonchev–Trinajstić information content (AvgIpc) is 2.47. The number of nitrogens with two attached hydrogens (primary N) is 1. The van der Waals surface area contributed by atoms with E-state index in [0.29, 0.717) is 6.61 Å². The first-order valence-corrected chi connectivity index (χ1v) is 5.88. The van der Waals surface area contributed by atoms with Crippen LogP contribution in [-0.2, 0) is 17.8 Å². The summed E-state index contributed by atoms with van der Waals surface area (Å²) in [5.74, 6) is 5.56. The van der Waals surface area contributed by atoms with Crippen molar-refractivity contribution < 1.29 is 9.53 Å². The van der Waals surface area contributed by atoms with Crippen LogP contribution in [0.2, 0.25) is 0 Å². The molecule has 1 aromatic heterocycles. The fraction of sp³-hybridized carbons (Fsp3) is 0.143. The number of aromatic nitrogens is 1. The Morgan fingerprint density at radius 1 is 1.21 bits per heavy atom. The van der Waals surface area contributed by atoms with Crippen LogP contribution in [0.5, 0.6) is 5.75 Å². The molecule has 3 N–H and O–H groups in total. The maximum atomic E-state index is 11.1. The molecule has 2 aromatic rings. The smallest absolute Gasteiger partial charge is 0.238 e. The van der Waals surface area contributed by atoms with Crippen LogP contribution in [0.4, 0.5) is 0 Å². The Morgan fingerprint density at radius 2 is 1.95 bits per heavy atom. The lowest BCUT2D eigenvalue weighted by molar-refractivity contribution is -0.120. The minimum Gasteiger partial charge on any atom is -0.487 e. The van der Waals surface area contributed by atoms with E-state index in [9.17, 15) is 4.79 Å². The molecule has 5 nitrogen and oxygen atoms in total. The third-order valence-electron chi connectivity index (χ3n) is 2.59. The highest BCUT2D eigenvalue weighted by Gasteiger charge is 2.01. The second kappa shape index (κ2) is 6.51. The summed E-state index contributed by atoms with van der Waals surface area (Å²) in [7, 11) is 0. The van der Waals surface area contributed by atoms with Gasteiger partial charge in [0.1, 0.15) is 12.4 Å². The number of hydrogen-bond acceptors (Lipinski definition) is 4. The molecule has 1 heterocycles. The molecule has 0 fully saturated rings. The van der Waals surface area contributed by atoms with Gasteiger partial charge in [0.2, 0.25) is 5.91 Å². The summed E-state index contributed by atoms with van der Waals surface area (Å²) in [6.45, 7) is 0.467. The van der Waals surface area contributed by atoms with Crippen LogP contribution in [0.3, 0.4) is 0 Å². The molecule has 1 aromatic carbocycles. The predicted octanol–water partition coefficient (Wildman–Crippen LogP) is 1.19. The van der Waals surface area contributed by atoms with E-state index in [4.69, 9.17) is 10.6 Å². The lowest BCUT2D eigenvalue weighted by Gasteiger charge is -2.06. The van der Waals surface area contributed by atoms with Crippen molar-refractivity contribution in [2.24, 2.45) is 5.84 Å². The second-order valence-corrected chi connectivity index (χ2v) is 4.04. The largest absolute Gasteiger partial charge is 0.487 e. The van der Waals surface area contributed by atoms with Gasteiger partial charge in [0.05, 0.1) is 12.6 Å². The quantitative estimate of drug-likeness (QED) is 0.479. The van der Waals surface area contributed by atoms with Gasteiger partial charge in [-0.3, -0.25) is 15.2 Å². The molecule has 0 unspecified atom stereocenters. The number of carbonyl (C=O) groups excluding carboxylic acids is 1. The number of amides is 1. The van der Waals surface area contributed by atoms with Crippen molar-refractivity contribution in [1.29, 1.82) is 0 Å². The summed E-state index contributed by atoms with van der Waals surface area (Å²) >= 11 is 0. The highest BCUT2D eigenvalue weighted by molar-refractivity contribution is 5.77. The first-order chi connectivity index (χ1) is 9.28. The zero-order chi connectivity index (χ0) is 13.5. The van der Waals surface area contributed by atoms with Gasteiger partial charge in [-0.1, -0.05) is 24.3 Å². The van der Waals surface area contributed by atoms with Crippen LogP contribution in [-0.4, -0.2) is 10.9 Å². The van der Waals surface area contributed by atoms with Crippen molar-refractivity contribution in [3.8, 4) is 5.75 Å². The van der Waals surface area contributed by atoms with Gasteiger partial charge in [0.25, 0.3) is 0 Å². The van der Waals surface area contributed by atoms with E-state index in [0.717, 1.165) is 16.9 Å². The van der Waals surface area contributed by atoms with Crippen LogP contribution in [0.25, 0.3) is 0 Å². The van der Waals surface area contributed by atoms with E-state index >= 15 is 0 Å². The molecule has 0 spiro atoms. The van der Waals surface area contributed by atoms with Crippen LogP contribution >= 0.6 is 0 Å². The van der Waals surface area contributed by atoms with Crippen molar-refractivity contribution in [1.82, 2.24) is 10.4 Å². The van der Waals surface area contributed by atoms with Crippen molar-refractivity contribution >= 4 is 5.91 Å². The fourth-order valence-corrected chi connectivity index (χ4v) is 1.59. The second-order valence-electron chi connectivity index (χ2n) is 4.04. The number of hydrogen-bond donors (Lipinski definition) is 2. The number of ether oxygens (including phenoxy) is 1. The molecule has 0 aliphatic rings. The topological polar surface area (TPSA) is 77.2 Å². The van der Waals surface area contributed by atoms with Gasteiger partial charge >= 0.3 is 0 Å². The molecule has 0 aliphatic heterocycles. The van der Waals surface area contributed by atoms with Crippen LogP contribution in [0.1, 0.15) is 11.1 Å². The molecule has 0 aliphatic carbocycles. The van der Waals surface area contributed by atoms with Gasteiger partial charge in [0.15, 0.2) is 0 Å². The zero-order valence-corrected chi connectivity index (χ0v) is 10.4. The van der Waals surface area contributed by atoms with E-state index in [1.54, 1.807) is 12.4 Å². The maximum absolute atomic E-state index is 11.1. The molecule has 0 atom stereocenters. The van der Waals surface area contributed by atoms with Crippen LogP contribution in [0, 0.1) is 0 Å². The summed E-state index contributed by atoms with van der Waals surface area (Å²) in [4.78, 5) is 15.1. The first-order valence-electron chi connectivity index (χ1n) is 5.88. The molecular weight excluding hydrogens is 242 g/mol. The SMILES string of the molecule is NNC(=O)Cc1ccc(COc2cccnc2)cc1. The molecule has 98 valence electrons. The predicted molar refractivity (Wildman–Crippen MR) is 71.0 cm³/mol. The van der Waals surface area contributed by atoms with Crippen molar-refractivity contribution in [2.75, 3.05) is 0 Å². The molecule has 0 bridgehead atoms. The summed E-state index contributed by atoms with van der Waals surface area (Å²) in [5.41, 5.74) is 4.04. The summed E-state index contributed by atoms with van der Waals surface area (Å²) in [6.07, 6.45) is 3.64. The number of rotatable bonds is 5. The summed E-state index contributed by atoms with van der Waals surface area (Å²) < 4.78 is 5.57. The zero-order valence-electron chi connectivity index (χ0n) is 10.4. The number of nitrogens with zero attached hydrogens (tertiary/aromatic N) is 1. The van der Waals surface area contributed by atoms with Gasteiger partial charge in [-0.05, 0) is 23.3 Å². The monoisotopic (exact) mass is 257 g/mol. The number of hydrazine groups is 1. The number of pyridine rings is 1. The van der Waals surface area contributed by atoms with Gasteiger partial charge in [-0.15, -0.1) is 0 Å². The molecular formula is C14H15N3O2. The van der Waals surface area contributed by atoms with Crippen molar-refractivity contribution in [2.45, 2.75) is 13.0 Å². The molecule has 0 saturated heterocycles. The van der Waals surface area contributed by atoms with Gasteiger partial charge in [-0.25, -0.2) is 5.84 Å². The molecule has 0 saturated carbocycles. The Kier molecular flexibility index (Phi) is 4.47. The minimum absolute atomic E-state index is 0.209. The number of carbonyl (C=O) groups is 1. The van der Waals surface area contributed by atoms with Crippen LogP contribution in [0.15, 0.2) is 48.8 Å². The fourth-order valence-electron chi connectivity index (χ4n) is 1.59. The Morgan fingerprint density at radius 3 is 2.58 bits per heavy atom. The third kappa shape index (κ3) is 4.08. The minimum atomic E-state index is -0.209. The van der Waals surface area contributed by atoms with E-state index in [2.05, 4.69) is 10.4 Å². The van der Waals surface area contributed by atoms with Crippen LogP contribution < -0.4 is 16.0 Å². The number of nitrogens with one attached hydrogen (secondary N) is 1. The van der Waals surface area contributed by atoms with Crippen molar-refractivity contribution in [3.63, 3.8) is 0 Å². The third-order valence-corrected chi connectivity index (χ3v) is 2.59. The molecule has 2 rings (SSSR count). The summed E-state index contributed by atoms with van der Waals surface area (Å²) in [6, 6.07) is 11.3. The van der Waals surface area contributed by atoms with Gasteiger partial charge < -0.3 is 4.74 Å². The highest BCUT2D eigenvalue weighted by Crippen LogP contribution is 2.11. The van der Waals surface area contributed by atoms with Crippen molar-refractivity contribution in [3.05, 3.63) is 59.9 Å². The Hall–Kier alpha value is -2.40. The molecule has 0 radical (unpaired) electrons. The van der Waals surface area contributed by atoms with Gasteiger partial charge in [-0.2, -0.15) is 0 Å². The lowest BCUT2D eigenvalue weighted by atomic mass is 10.1. The normalized spacial score (nSPS) is 9.95. The lowest BCUT2D eigenvalue weighted by Crippen LogP contribution is -2.31. The van der Waals surface area contributed by atoms with E-state index in [1.165, 1.54) is 0 Å². The molecule has 1 amide bonds. The number of benzene rings is 1. The Bertz CT molecular complexity index is 526. The Labute approximate surface area is 111 Å². The highest BCUT2D eigenvalue weighted by atomic mass is 16.5. The standard InChI is InChI=1S/C14H15N3O2/c15-17-14(18)8-11-3-5-12(6-4-11)10-19-13-2-1-7-16-9-13/h1-7,9H,8,10,15H2,(H,17,18). The first kappa shape index (κ1) is 13.0. The molecule has 19 heavy (non-hydrogen) atoms. The maximum Gasteiger partial charge on any atom is 0.238 e.